The van der Waals surface area contributed by atoms with E-state index in [1.165, 1.54) is 0 Å². The van der Waals surface area contributed by atoms with Crippen molar-refractivity contribution in [1.82, 2.24) is 15.1 Å². The number of rotatable bonds is 10. The van der Waals surface area contributed by atoms with E-state index in [0.717, 1.165) is 22.1 Å². The minimum absolute atomic E-state index is 0.119. The van der Waals surface area contributed by atoms with Crippen molar-refractivity contribution < 1.29 is 23.8 Å². The van der Waals surface area contributed by atoms with Crippen molar-refractivity contribution in [2.24, 2.45) is 0 Å². The van der Waals surface area contributed by atoms with Gasteiger partial charge < -0.3 is 19.5 Å². The molecule has 1 amide bonds. The first kappa shape index (κ1) is 23.5. The van der Waals surface area contributed by atoms with E-state index in [9.17, 15) is 14.4 Å². The molecular weight excluding hydrogens is 426 g/mol. The Morgan fingerprint density at radius 1 is 1.03 bits per heavy atom. The Morgan fingerprint density at radius 2 is 1.76 bits per heavy atom. The highest BCUT2D eigenvalue weighted by atomic mass is 16.5. The zero-order valence-corrected chi connectivity index (χ0v) is 18.4. The van der Waals surface area contributed by atoms with Gasteiger partial charge in [-0.15, -0.1) is 0 Å². The molecule has 0 spiro atoms. The number of benzene rings is 2. The molecule has 1 aromatic heterocycles. The monoisotopic (exact) mass is 451 g/mol. The molecule has 0 aliphatic carbocycles. The van der Waals surface area contributed by atoms with Crippen LogP contribution in [-0.2, 0) is 16.0 Å². The lowest BCUT2D eigenvalue weighted by molar-refractivity contribution is -0.123. The summed E-state index contributed by atoms with van der Waals surface area (Å²) in [5, 5.41) is 6.86. The molecule has 0 fully saturated rings. The van der Waals surface area contributed by atoms with Gasteiger partial charge in [0.1, 0.15) is 5.75 Å². The van der Waals surface area contributed by atoms with Gasteiger partial charge >= 0.3 is 5.97 Å². The number of hydrogen-bond donors (Lipinski definition) is 1. The van der Waals surface area contributed by atoms with Gasteiger partial charge in [0.15, 0.2) is 12.4 Å². The second-order valence-electron chi connectivity index (χ2n) is 6.86. The Morgan fingerprint density at radius 3 is 2.48 bits per heavy atom. The molecule has 2 aromatic carbocycles. The Bertz CT molecular complexity index is 1160. The summed E-state index contributed by atoms with van der Waals surface area (Å²) in [4.78, 5) is 37.2. The van der Waals surface area contributed by atoms with Gasteiger partial charge in [0.2, 0.25) is 5.69 Å². The number of esters is 1. The molecule has 0 atom stereocenters. The van der Waals surface area contributed by atoms with Crippen LogP contribution in [0.2, 0.25) is 0 Å². The molecule has 0 aliphatic heterocycles. The molecular formula is C24H25N3O6. The Balaban J connectivity index is 1.69. The normalized spacial score (nSPS) is 10.4. The molecule has 0 radical (unpaired) electrons. The van der Waals surface area contributed by atoms with Gasteiger partial charge in [0.05, 0.1) is 25.5 Å². The number of amides is 1. The number of aromatic nitrogens is 2. The van der Waals surface area contributed by atoms with E-state index >= 15 is 0 Å². The second kappa shape index (κ2) is 11.5. The smallest absolute Gasteiger partial charge is 0.362 e. The molecule has 172 valence electrons. The quantitative estimate of drug-likeness (QED) is 0.471. The molecule has 3 aromatic rings. The summed E-state index contributed by atoms with van der Waals surface area (Å²) in [6.45, 7) is 1.74. The first-order valence-corrected chi connectivity index (χ1v) is 10.4. The molecule has 0 unspecified atom stereocenters. The number of nitrogens with zero attached hydrogens (tertiary/aromatic N) is 2. The molecule has 0 bridgehead atoms. The van der Waals surface area contributed by atoms with Crippen molar-refractivity contribution in [3.8, 4) is 17.2 Å². The first-order valence-electron chi connectivity index (χ1n) is 10.4. The highest BCUT2D eigenvalue weighted by molar-refractivity contribution is 5.90. The SMILES string of the molecule is CCOC(=O)c1nn(-c2ccccc2)c(=O)cc1OCC(=O)NCCc1ccccc1OC. The van der Waals surface area contributed by atoms with Crippen molar-refractivity contribution in [3.63, 3.8) is 0 Å². The highest BCUT2D eigenvalue weighted by Gasteiger charge is 2.20. The number of carbonyl (C=O) groups is 2. The van der Waals surface area contributed by atoms with Crippen molar-refractivity contribution in [1.29, 1.82) is 0 Å². The van der Waals surface area contributed by atoms with Crippen LogP contribution in [0, 0.1) is 0 Å². The van der Waals surface area contributed by atoms with Gasteiger partial charge in [-0.05, 0) is 37.1 Å². The van der Waals surface area contributed by atoms with E-state index in [1.807, 2.05) is 24.3 Å². The van der Waals surface area contributed by atoms with Gasteiger partial charge in [0, 0.05) is 6.54 Å². The van der Waals surface area contributed by atoms with E-state index in [-0.39, 0.29) is 18.1 Å². The minimum Gasteiger partial charge on any atom is -0.496 e. The topological polar surface area (TPSA) is 109 Å². The summed E-state index contributed by atoms with van der Waals surface area (Å²) in [5.74, 6) is -0.543. The zero-order chi connectivity index (χ0) is 23.6. The third-order valence-corrected chi connectivity index (χ3v) is 4.63. The molecule has 33 heavy (non-hydrogen) atoms. The number of hydrogen-bond acceptors (Lipinski definition) is 7. The largest absolute Gasteiger partial charge is 0.496 e. The van der Waals surface area contributed by atoms with Crippen LogP contribution in [0.3, 0.4) is 0 Å². The van der Waals surface area contributed by atoms with Crippen LogP contribution in [0.1, 0.15) is 23.0 Å². The lowest BCUT2D eigenvalue weighted by Crippen LogP contribution is -2.32. The average Bonchev–Trinajstić information content (AvgIpc) is 2.83. The van der Waals surface area contributed by atoms with Crippen LogP contribution in [0.25, 0.3) is 5.69 Å². The van der Waals surface area contributed by atoms with E-state index in [4.69, 9.17) is 14.2 Å². The summed E-state index contributed by atoms with van der Waals surface area (Å²) in [5.41, 5.74) is 0.733. The third-order valence-electron chi connectivity index (χ3n) is 4.63. The Kier molecular flexibility index (Phi) is 8.18. The van der Waals surface area contributed by atoms with E-state index < -0.39 is 24.0 Å². The first-order chi connectivity index (χ1) is 16.0. The van der Waals surface area contributed by atoms with Gasteiger partial charge in [-0.1, -0.05) is 36.4 Å². The highest BCUT2D eigenvalue weighted by Crippen LogP contribution is 2.18. The van der Waals surface area contributed by atoms with Crippen molar-refractivity contribution in [2.45, 2.75) is 13.3 Å². The van der Waals surface area contributed by atoms with Gasteiger partial charge in [-0.2, -0.15) is 9.78 Å². The van der Waals surface area contributed by atoms with Crippen LogP contribution in [0.4, 0.5) is 0 Å². The van der Waals surface area contributed by atoms with E-state index in [0.29, 0.717) is 18.7 Å². The summed E-state index contributed by atoms with van der Waals surface area (Å²) < 4.78 is 16.9. The second-order valence-corrected chi connectivity index (χ2v) is 6.86. The van der Waals surface area contributed by atoms with Crippen LogP contribution in [0.15, 0.2) is 65.5 Å². The molecule has 1 heterocycles. The molecule has 1 N–H and O–H groups in total. The van der Waals surface area contributed by atoms with E-state index in [2.05, 4.69) is 10.4 Å². The fourth-order valence-electron chi connectivity index (χ4n) is 3.09. The van der Waals surface area contributed by atoms with Gasteiger partial charge in [-0.25, -0.2) is 4.79 Å². The number of para-hydroxylation sites is 2. The van der Waals surface area contributed by atoms with Crippen LogP contribution < -0.4 is 20.3 Å². The third kappa shape index (κ3) is 6.19. The minimum atomic E-state index is -0.756. The summed E-state index contributed by atoms with van der Waals surface area (Å²) in [6.07, 6.45) is 0.568. The van der Waals surface area contributed by atoms with E-state index in [1.54, 1.807) is 44.4 Å². The number of methoxy groups -OCH3 is 1. The molecule has 0 aliphatic rings. The standard InChI is InChI=1S/C24H25N3O6/c1-3-32-24(30)23-20(15-22(29)27(26-23)18-10-5-4-6-11-18)33-16-21(28)25-14-13-17-9-7-8-12-19(17)31-2/h4-12,15H,3,13-14,16H2,1-2H3,(H,25,28). The lowest BCUT2D eigenvalue weighted by Gasteiger charge is -2.13. The average molecular weight is 451 g/mol. The summed E-state index contributed by atoms with van der Waals surface area (Å²) >= 11 is 0. The van der Waals surface area contributed by atoms with Crippen LogP contribution in [-0.4, -0.2) is 48.5 Å². The maximum Gasteiger partial charge on any atom is 0.362 e. The maximum atomic E-state index is 12.6. The predicted molar refractivity (Wildman–Crippen MR) is 121 cm³/mol. The van der Waals surface area contributed by atoms with Crippen molar-refractivity contribution >= 4 is 11.9 Å². The molecule has 9 nitrogen and oxygen atoms in total. The van der Waals surface area contributed by atoms with Crippen molar-refractivity contribution in [2.75, 3.05) is 26.9 Å². The van der Waals surface area contributed by atoms with Crippen molar-refractivity contribution in [3.05, 3.63) is 82.3 Å². The van der Waals surface area contributed by atoms with Gasteiger partial charge in [-0.3, -0.25) is 9.59 Å². The molecule has 9 heteroatoms. The number of nitrogens with one attached hydrogen (secondary N) is 1. The fraction of sp³-hybridized carbons (Fsp3) is 0.250. The number of ether oxygens (including phenoxy) is 3. The Labute approximate surface area is 190 Å². The predicted octanol–water partition coefficient (Wildman–Crippen LogP) is 2.16. The lowest BCUT2D eigenvalue weighted by atomic mass is 10.1. The number of carbonyl (C=O) groups excluding carboxylic acids is 2. The molecule has 3 rings (SSSR count). The van der Waals surface area contributed by atoms with Crippen LogP contribution in [0.5, 0.6) is 11.5 Å². The maximum absolute atomic E-state index is 12.6. The molecule has 0 saturated carbocycles. The van der Waals surface area contributed by atoms with Gasteiger partial charge in [0.25, 0.3) is 11.5 Å². The summed E-state index contributed by atoms with van der Waals surface area (Å²) in [7, 11) is 1.59. The molecule has 0 saturated heterocycles. The van der Waals surface area contributed by atoms with Crippen LogP contribution >= 0.6 is 0 Å². The summed E-state index contributed by atoms with van der Waals surface area (Å²) in [6, 6.07) is 17.3. The zero-order valence-electron chi connectivity index (χ0n) is 18.4. The Hall–Kier alpha value is -4.14. The fourth-order valence-corrected chi connectivity index (χ4v) is 3.09.